The molecule has 0 atom stereocenters. The summed E-state index contributed by atoms with van der Waals surface area (Å²) in [4.78, 5) is 18.7. The summed E-state index contributed by atoms with van der Waals surface area (Å²) >= 11 is 0. The second-order valence-electron chi connectivity index (χ2n) is 23.6. The quantitative estimate of drug-likeness (QED) is 0.144. The van der Waals surface area contributed by atoms with Crippen molar-refractivity contribution in [3.8, 4) is 78.5 Å². The average Bonchev–Trinajstić information content (AvgIpc) is 1.69. The summed E-state index contributed by atoms with van der Waals surface area (Å²) in [6.07, 6.45) is 13.4. The molecule has 0 saturated carbocycles. The fourth-order valence-electron chi connectivity index (χ4n) is 14.5. The maximum absolute atomic E-state index is 5.17. The van der Waals surface area contributed by atoms with Gasteiger partial charge >= 0.3 is 0 Å². The van der Waals surface area contributed by atoms with E-state index in [2.05, 4.69) is 291 Å². The number of aryl methyl sites for hydroxylation is 2. The lowest BCUT2D eigenvalue weighted by Gasteiger charge is -2.15. The molecule has 8 aromatic heterocycles. The molecule has 0 unspecified atom stereocenters. The molecule has 8 nitrogen and oxygen atoms in total. The van der Waals surface area contributed by atoms with Gasteiger partial charge in [0.25, 0.3) is 0 Å². The lowest BCUT2D eigenvalue weighted by molar-refractivity contribution is 1.16. The smallest absolute Gasteiger partial charge is 0.0802 e. The summed E-state index contributed by atoms with van der Waals surface area (Å²) in [5.74, 6) is 0. The fourth-order valence-corrected chi connectivity index (χ4v) is 14.5. The third-order valence-electron chi connectivity index (χ3n) is 18.5. The fraction of sp³-hybridized carbons (Fsp3) is 0.0244. The molecule has 18 aromatic rings. The molecule has 0 fully saturated rings. The first-order valence-corrected chi connectivity index (χ1v) is 30.5. The highest BCUT2D eigenvalue weighted by molar-refractivity contribution is 6.16. The van der Waals surface area contributed by atoms with Crippen LogP contribution in [0.4, 0.5) is 0 Å². The molecule has 8 heteroatoms. The molecular weight excluding hydrogens is 1100 g/mol. The van der Waals surface area contributed by atoms with Crippen molar-refractivity contribution in [2.45, 2.75) is 13.8 Å². The summed E-state index contributed by atoms with van der Waals surface area (Å²) in [6.45, 7) is 4.43. The van der Waals surface area contributed by atoms with E-state index in [9.17, 15) is 0 Å². The van der Waals surface area contributed by atoms with E-state index in [4.69, 9.17) is 9.97 Å². The van der Waals surface area contributed by atoms with Crippen LogP contribution < -0.4 is 0 Å². The van der Waals surface area contributed by atoms with E-state index < -0.39 is 0 Å². The number of para-hydroxylation sites is 2. The van der Waals surface area contributed by atoms with Gasteiger partial charge in [-0.3, -0.25) is 19.9 Å². The topological polar surface area (TPSA) is 71.3 Å². The van der Waals surface area contributed by atoms with Crippen molar-refractivity contribution in [1.29, 1.82) is 0 Å². The molecule has 0 saturated heterocycles. The molecule has 0 amide bonds. The Hall–Kier alpha value is -12.0. The Morgan fingerprint density at radius 1 is 0.244 bits per heavy atom. The van der Waals surface area contributed by atoms with Crippen LogP contribution in [-0.4, -0.2) is 38.2 Å². The predicted octanol–water partition coefficient (Wildman–Crippen LogP) is 20.6. The molecule has 8 heterocycles. The molecule has 0 aliphatic carbocycles. The van der Waals surface area contributed by atoms with Gasteiger partial charge in [0.05, 0.1) is 49.8 Å². The van der Waals surface area contributed by atoms with Crippen molar-refractivity contribution in [2.75, 3.05) is 0 Å². The van der Waals surface area contributed by atoms with Crippen molar-refractivity contribution >= 4 is 87.2 Å². The van der Waals surface area contributed by atoms with Gasteiger partial charge < -0.3 is 18.3 Å². The minimum absolute atomic E-state index is 0.918. The standard InChI is InChI=1S/C82H54N8/c1-51-41-62(89-77-33-37-83-48-70(77)71-49-84-38-34-78(71)89)27-29-64(51)65-30-28-63(42-52(65)2)90-79-35-39-85-50-72(79)81-80(90)36-40-86-82(81)59-18-10-15-54(43-59)58-26-32-76-69(47-58)67-22-7-9-24-74(67)88(76)61-20-12-17-56(45-61)55-16-11-19-60(44-55)87-73-23-8-6-21-66(73)68-46-57(25-31-75(68)87)53-13-4-3-5-14-53/h3-50H,1-2H3. The van der Waals surface area contributed by atoms with E-state index in [0.717, 1.165) is 111 Å². The minimum Gasteiger partial charge on any atom is -0.309 e. The Morgan fingerprint density at radius 3 is 1.20 bits per heavy atom. The van der Waals surface area contributed by atoms with Gasteiger partial charge in [-0.1, -0.05) is 133 Å². The van der Waals surface area contributed by atoms with E-state index in [1.165, 1.54) is 66.0 Å². The zero-order valence-corrected chi connectivity index (χ0v) is 49.3. The van der Waals surface area contributed by atoms with Crippen LogP contribution >= 0.6 is 0 Å². The predicted molar refractivity (Wildman–Crippen MR) is 372 cm³/mol. The lowest BCUT2D eigenvalue weighted by atomic mass is 9.95. The summed E-state index contributed by atoms with van der Waals surface area (Å²) in [6, 6.07) is 90.9. The molecule has 0 bridgehead atoms. The zero-order chi connectivity index (χ0) is 59.6. The van der Waals surface area contributed by atoms with Crippen LogP contribution in [0.1, 0.15) is 11.1 Å². The molecule has 90 heavy (non-hydrogen) atoms. The third-order valence-corrected chi connectivity index (χ3v) is 18.5. The normalized spacial score (nSPS) is 11.9. The molecule has 0 spiro atoms. The Kier molecular flexibility index (Phi) is 11.6. The maximum Gasteiger partial charge on any atom is 0.0802 e. The largest absolute Gasteiger partial charge is 0.309 e. The number of aromatic nitrogens is 8. The number of benzene rings is 10. The van der Waals surface area contributed by atoms with Crippen molar-refractivity contribution < 1.29 is 0 Å². The van der Waals surface area contributed by atoms with Crippen LogP contribution in [0.25, 0.3) is 166 Å². The van der Waals surface area contributed by atoms with E-state index in [1.807, 2.05) is 43.4 Å². The molecule has 10 aromatic carbocycles. The van der Waals surface area contributed by atoms with Gasteiger partial charge in [-0.15, -0.1) is 0 Å². The van der Waals surface area contributed by atoms with Crippen molar-refractivity contribution in [3.05, 3.63) is 303 Å². The second kappa shape index (κ2) is 20.3. The van der Waals surface area contributed by atoms with Crippen LogP contribution in [0, 0.1) is 13.8 Å². The number of hydrogen-bond donors (Lipinski definition) is 0. The monoisotopic (exact) mass is 1150 g/mol. The molecule has 422 valence electrons. The number of rotatable bonds is 9. The van der Waals surface area contributed by atoms with Gasteiger partial charge in [0.2, 0.25) is 0 Å². The van der Waals surface area contributed by atoms with Gasteiger partial charge in [0, 0.05) is 115 Å². The van der Waals surface area contributed by atoms with Crippen LogP contribution in [0.3, 0.4) is 0 Å². The van der Waals surface area contributed by atoms with E-state index >= 15 is 0 Å². The molecule has 0 radical (unpaired) electrons. The van der Waals surface area contributed by atoms with E-state index in [1.54, 1.807) is 0 Å². The molecular formula is C82H54N8. The summed E-state index contributed by atoms with van der Waals surface area (Å²) in [5.41, 5.74) is 27.2. The van der Waals surface area contributed by atoms with Gasteiger partial charge in [-0.2, -0.15) is 0 Å². The van der Waals surface area contributed by atoms with Crippen LogP contribution in [0.2, 0.25) is 0 Å². The number of nitrogens with zero attached hydrogens (tertiary/aromatic N) is 8. The first-order chi connectivity index (χ1) is 44.5. The SMILES string of the molecule is Cc1cc(-n2c3ccncc3c3cnccc32)ccc1-c1ccc(-n2c3ccncc3c3c(-c4cccc(-c5ccc6c(c5)c5ccccc5n6-c5cccc(-c6cccc(-n7c8ccccc8c8cc(-c9ccccc9)ccc87)c6)c5)c4)nccc32)cc1C. The molecule has 0 aliphatic heterocycles. The van der Waals surface area contributed by atoms with E-state index in [-0.39, 0.29) is 0 Å². The van der Waals surface area contributed by atoms with Crippen LogP contribution in [0.5, 0.6) is 0 Å². The second-order valence-corrected chi connectivity index (χ2v) is 23.6. The number of pyridine rings is 4. The molecule has 0 N–H and O–H groups in total. The molecule has 0 aliphatic rings. The van der Waals surface area contributed by atoms with Crippen LogP contribution in [0.15, 0.2) is 292 Å². The zero-order valence-electron chi connectivity index (χ0n) is 49.3. The highest BCUT2D eigenvalue weighted by atomic mass is 15.0. The Morgan fingerprint density at radius 2 is 0.644 bits per heavy atom. The van der Waals surface area contributed by atoms with E-state index in [0.29, 0.717) is 0 Å². The van der Waals surface area contributed by atoms with Gasteiger partial charge in [0.15, 0.2) is 0 Å². The maximum atomic E-state index is 5.17. The minimum atomic E-state index is 0.918. The summed E-state index contributed by atoms with van der Waals surface area (Å²) in [7, 11) is 0. The Balaban J connectivity index is 0.679. The average molecular weight is 1150 g/mol. The molecule has 18 rings (SSSR count). The Labute approximate surface area is 518 Å². The van der Waals surface area contributed by atoms with Crippen LogP contribution in [-0.2, 0) is 0 Å². The third kappa shape index (κ3) is 8.01. The lowest BCUT2D eigenvalue weighted by Crippen LogP contribution is -1.98. The highest BCUT2D eigenvalue weighted by Crippen LogP contribution is 2.43. The number of fused-ring (bicyclic) bond motifs is 12. The van der Waals surface area contributed by atoms with Gasteiger partial charge in [-0.25, -0.2) is 0 Å². The number of hydrogen-bond acceptors (Lipinski definition) is 4. The summed E-state index contributed by atoms with van der Waals surface area (Å²) in [5, 5.41) is 9.19. The van der Waals surface area contributed by atoms with Crippen molar-refractivity contribution in [1.82, 2.24) is 38.2 Å². The van der Waals surface area contributed by atoms with Gasteiger partial charge in [-0.05, 0) is 185 Å². The van der Waals surface area contributed by atoms with Gasteiger partial charge in [0.1, 0.15) is 0 Å². The van der Waals surface area contributed by atoms with Crippen molar-refractivity contribution in [3.63, 3.8) is 0 Å². The van der Waals surface area contributed by atoms with Crippen molar-refractivity contribution in [2.24, 2.45) is 0 Å². The first kappa shape index (κ1) is 51.2. The first-order valence-electron chi connectivity index (χ1n) is 30.5. The highest BCUT2D eigenvalue weighted by Gasteiger charge is 2.22. The Bertz CT molecular complexity index is 5900. The summed E-state index contributed by atoms with van der Waals surface area (Å²) < 4.78 is 9.51.